The fourth-order valence-electron chi connectivity index (χ4n) is 2.95. The summed E-state index contributed by atoms with van der Waals surface area (Å²) in [6.45, 7) is -0.00717. The Kier molecular flexibility index (Phi) is 5.56. The maximum absolute atomic E-state index is 13.7. The lowest BCUT2D eigenvalue weighted by Crippen LogP contribution is -2.24. The summed E-state index contributed by atoms with van der Waals surface area (Å²) < 4.78 is 34.2. The van der Waals surface area contributed by atoms with Gasteiger partial charge in [0.25, 0.3) is 5.56 Å². The van der Waals surface area contributed by atoms with Gasteiger partial charge in [-0.1, -0.05) is 17.7 Å². The van der Waals surface area contributed by atoms with Gasteiger partial charge in [0, 0.05) is 23.2 Å². The highest BCUT2D eigenvalue weighted by Gasteiger charge is 2.17. The standard InChI is InChI=1S/C21H12ClF2N5O2/c22-13-3-1-4-16(9-13)31-21-26-11-17-19(28-21)29(6-2-5-25)20(30)18(27-17)12-7-14(23)10-15(24)8-12/h1,3-4,7-11H,2,6H2. The number of ether oxygens (including phenoxy) is 1. The zero-order chi connectivity index (χ0) is 22.0. The van der Waals surface area contributed by atoms with E-state index in [1.807, 2.05) is 6.07 Å². The number of hydrogen-bond donors (Lipinski definition) is 0. The Morgan fingerprint density at radius 2 is 1.90 bits per heavy atom. The Morgan fingerprint density at radius 1 is 1.13 bits per heavy atom. The van der Waals surface area contributed by atoms with E-state index in [1.165, 1.54) is 10.8 Å². The summed E-state index contributed by atoms with van der Waals surface area (Å²) in [7, 11) is 0. The van der Waals surface area contributed by atoms with Crippen LogP contribution in [-0.4, -0.2) is 19.5 Å². The minimum Gasteiger partial charge on any atom is -0.424 e. The number of halogens is 3. The van der Waals surface area contributed by atoms with E-state index in [1.54, 1.807) is 24.3 Å². The third-order valence-electron chi connectivity index (χ3n) is 4.25. The van der Waals surface area contributed by atoms with Crippen molar-refractivity contribution in [3.05, 3.63) is 75.7 Å². The second kappa shape index (κ2) is 8.45. The first-order valence-electron chi connectivity index (χ1n) is 8.99. The Labute approximate surface area is 179 Å². The summed E-state index contributed by atoms with van der Waals surface area (Å²) in [5, 5.41) is 9.43. The molecule has 0 aliphatic heterocycles. The first kappa shape index (κ1) is 20.4. The maximum atomic E-state index is 13.7. The summed E-state index contributed by atoms with van der Waals surface area (Å²) in [6.07, 6.45) is 1.33. The molecule has 0 radical (unpaired) electrons. The highest BCUT2D eigenvalue weighted by Crippen LogP contribution is 2.24. The molecule has 0 N–H and O–H groups in total. The van der Waals surface area contributed by atoms with Gasteiger partial charge in [-0.3, -0.25) is 9.36 Å². The average Bonchev–Trinajstić information content (AvgIpc) is 2.72. The van der Waals surface area contributed by atoms with Crippen molar-refractivity contribution in [3.8, 4) is 29.1 Å². The van der Waals surface area contributed by atoms with Gasteiger partial charge in [0.15, 0.2) is 5.65 Å². The van der Waals surface area contributed by atoms with Gasteiger partial charge in [0.05, 0.1) is 18.7 Å². The number of benzene rings is 2. The monoisotopic (exact) mass is 439 g/mol. The normalized spacial score (nSPS) is 10.8. The van der Waals surface area contributed by atoms with Crippen molar-refractivity contribution >= 4 is 22.8 Å². The highest BCUT2D eigenvalue weighted by atomic mass is 35.5. The lowest BCUT2D eigenvalue weighted by atomic mass is 10.1. The first-order valence-corrected chi connectivity index (χ1v) is 9.37. The number of nitrogens with zero attached hydrogens (tertiary/aromatic N) is 5. The van der Waals surface area contributed by atoms with E-state index in [9.17, 15) is 13.6 Å². The molecule has 0 amide bonds. The van der Waals surface area contributed by atoms with Crippen molar-refractivity contribution in [2.45, 2.75) is 13.0 Å². The third-order valence-corrected chi connectivity index (χ3v) is 4.49. The van der Waals surface area contributed by atoms with Crippen LogP contribution in [0.5, 0.6) is 11.8 Å². The number of hydrogen-bond acceptors (Lipinski definition) is 6. The van der Waals surface area contributed by atoms with Gasteiger partial charge in [0.1, 0.15) is 28.6 Å². The SMILES string of the molecule is N#CCCn1c(=O)c(-c2cc(F)cc(F)c2)nc2cnc(Oc3cccc(Cl)c3)nc21. The number of aryl methyl sites for hydroxylation is 1. The first-order chi connectivity index (χ1) is 14.9. The van der Waals surface area contributed by atoms with Crippen LogP contribution in [0, 0.1) is 23.0 Å². The van der Waals surface area contributed by atoms with Gasteiger partial charge in [-0.15, -0.1) is 0 Å². The molecule has 0 aliphatic carbocycles. The van der Waals surface area contributed by atoms with E-state index < -0.39 is 17.2 Å². The summed E-state index contributed by atoms with van der Waals surface area (Å²) in [4.78, 5) is 25.6. The van der Waals surface area contributed by atoms with Crippen LogP contribution in [0.2, 0.25) is 5.02 Å². The fourth-order valence-corrected chi connectivity index (χ4v) is 3.13. The van der Waals surface area contributed by atoms with Crippen LogP contribution in [-0.2, 0) is 6.54 Å². The van der Waals surface area contributed by atoms with Crippen molar-refractivity contribution in [1.82, 2.24) is 19.5 Å². The van der Waals surface area contributed by atoms with Gasteiger partial charge >= 0.3 is 6.01 Å². The van der Waals surface area contributed by atoms with Crippen LogP contribution in [0.1, 0.15) is 6.42 Å². The molecule has 0 aliphatic rings. The molecule has 7 nitrogen and oxygen atoms in total. The van der Waals surface area contributed by atoms with Gasteiger partial charge in [0.2, 0.25) is 0 Å². The average molecular weight is 440 g/mol. The Bertz CT molecular complexity index is 1380. The van der Waals surface area contributed by atoms with Gasteiger partial charge < -0.3 is 4.74 Å². The molecule has 2 aromatic heterocycles. The van der Waals surface area contributed by atoms with E-state index in [4.69, 9.17) is 21.6 Å². The molecule has 10 heteroatoms. The smallest absolute Gasteiger partial charge is 0.324 e. The van der Waals surface area contributed by atoms with E-state index in [0.29, 0.717) is 16.8 Å². The van der Waals surface area contributed by atoms with Crippen molar-refractivity contribution in [2.24, 2.45) is 0 Å². The summed E-state index contributed by atoms with van der Waals surface area (Å²) in [5.74, 6) is -1.31. The Hall–Kier alpha value is -3.90. The molecule has 0 spiro atoms. The van der Waals surface area contributed by atoms with E-state index in [0.717, 1.165) is 12.1 Å². The topological polar surface area (TPSA) is 93.7 Å². The van der Waals surface area contributed by atoms with Crippen LogP contribution >= 0.6 is 11.6 Å². The molecule has 0 saturated heterocycles. The van der Waals surface area contributed by atoms with Gasteiger partial charge in [-0.2, -0.15) is 10.2 Å². The lowest BCUT2D eigenvalue weighted by molar-refractivity contribution is 0.442. The Morgan fingerprint density at radius 3 is 2.61 bits per heavy atom. The fraction of sp³-hybridized carbons (Fsp3) is 0.0952. The predicted molar refractivity (Wildman–Crippen MR) is 109 cm³/mol. The maximum Gasteiger partial charge on any atom is 0.324 e. The quantitative estimate of drug-likeness (QED) is 0.454. The molecule has 4 rings (SSSR count). The predicted octanol–water partition coefficient (Wildman–Crippen LogP) is 4.49. The molecule has 154 valence electrons. The largest absolute Gasteiger partial charge is 0.424 e. The zero-order valence-corrected chi connectivity index (χ0v) is 16.5. The molecular formula is C21H12ClF2N5O2. The van der Waals surface area contributed by atoms with E-state index >= 15 is 0 Å². The lowest BCUT2D eigenvalue weighted by Gasteiger charge is -2.11. The number of aromatic nitrogens is 4. The van der Waals surface area contributed by atoms with Crippen LogP contribution in [0.4, 0.5) is 8.78 Å². The van der Waals surface area contributed by atoms with Crippen molar-refractivity contribution < 1.29 is 13.5 Å². The summed E-state index contributed by atoms with van der Waals surface area (Å²) in [6, 6.07) is 11.2. The van der Waals surface area contributed by atoms with Crippen LogP contribution in [0.3, 0.4) is 0 Å². The van der Waals surface area contributed by atoms with Crippen molar-refractivity contribution in [1.29, 1.82) is 5.26 Å². The minimum absolute atomic E-state index is 0.00442. The number of nitriles is 1. The number of fused-ring (bicyclic) bond motifs is 1. The molecule has 2 heterocycles. The number of rotatable bonds is 5. The molecule has 4 aromatic rings. The molecule has 0 bridgehead atoms. The third kappa shape index (κ3) is 4.34. The summed E-state index contributed by atoms with van der Waals surface area (Å²) >= 11 is 5.95. The molecule has 2 aromatic carbocycles. The summed E-state index contributed by atoms with van der Waals surface area (Å²) in [5.41, 5.74) is -0.561. The molecule has 0 unspecified atom stereocenters. The second-order valence-corrected chi connectivity index (χ2v) is 6.84. The van der Waals surface area contributed by atoms with Crippen molar-refractivity contribution in [3.63, 3.8) is 0 Å². The Balaban J connectivity index is 1.87. The minimum atomic E-state index is -0.846. The molecular weight excluding hydrogens is 428 g/mol. The second-order valence-electron chi connectivity index (χ2n) is 6.40. The van der Waals surface area contributed by atoms with Crippen molar-refractivity contribution in [2.75, 3.05) is 0 Å². The molecule has 31 heavy (non-hydrogen) atoms. The molecule has 0 atom stereocenters. The van der Waals surface area contributed by atoms with Gasteiger partial charge in [-0.25, -0.2) is 18.7 Å². The van der Waals surface area contributed by atoms with E-state index in [-0.39, 0.29) is 41.4 Å². The molecule has 0 saturated carbocycles. The van der Waals surface area contributed by atoms with Crippen LogP contribution in [0.15, 0.2) is 53.5 Å². The van der Waals surface area contributed by atoms with E-state index in [2.05, 4.69) is 15.0 Å². The van der Waals surface area contributed by atoms with Crippen LogP contribution < -0.4 is 10.3 Å². The molecule has 0 fully saturated rings. The zero-order valence-electron chi connectivity index (χ0n) is 15.7. The van der Waals surface area contributed by atoms with Gasteiger partial charge in [-0.05, 0) is 30.3 Å². The van der Waals surface area contributed by atoms with Crippen LogP contribution in [0.25, 0.3) is 22.4 Å². The highest BCUT2D eigenvalue weighted by molar-refractivity contribution is 6.30.